The van der Waals surface area contributed by atoms with Crippen LogP contribution in [0.25, 0.3) is 0 Å². The molecule has 112 valence electrons. The van der Waals surface area contributed by atoms with Crippen LogP contribution in [-0.4, -0.2) is 25.3 Å². The van der Waals surface area contributed by atoms with E-state index in [0.29, 0.717) is 11.5 Å². The summed E-state index contributed by atoms with van der Waals surface area (Å²) in [5, 5.41) is 3.80. The van der Waals surface area contributed by atoms with Crippen molar-refractivity contribution >= 4 is 0 Å². The standard InChI is InChI=1S/C17H33NO/c1-5-12-18-15(13-14-6-7-14)17(19-4)10-8-16(2,3)9-11-17/h14-15,18H,5-13H2,1-4H3. The van der Waals surface area contributed by atoms with Crippen molar-refractivity contribution in [2.75, 3.05) is 13.7 Å². The zero-order valence-electron chi connectivity index (χ0n) is 13.4. The summed E-state index contributed by atoms with van der Waals surface area (Å²) in [5.41, 5.74) is 0.615. The van der Waals surface area contributed by atoms with Crippen molar-refractivity contribution in [2.24, 2.45) is 11.3 Å². The van der Waals surface area contributed by atoms with Crippen molar-refractivity contribution < 1.29 is 4.74 Å². The lowest BCUT2D eigenvalue weighted by atomic mass is 9.67. The lowest BCUT2D eigenvalue weighted by Crippen LogP contribution is -2.55. The van der Waals surface area contributed by atoms with Gasteiger partial charge in [-0.25, -0.2) is 0 Å². The molecule has 2 rings (SSSR count). The van der Waals surface area contributed by atoms with Crippen LogP contribution in [0, 0.1) is 11.3 Å². The van der Waals surface area contributed by atoms with E-state index in [1.54, 1.807) is 0 Å². The second-order valence-corrected chi connectivity index (χ2v) is 7.62. The zero-order valence-corrected chi connectivity index (χ0v) is 13.4. The highest BCUT2D eigenvalue weighted by molar-refractivity contribution is 5.00. The van der Waals surface area contributed by atoms with Gasteiger partial charge in [0.05, 0.1) is 5.60 Å². The van der Waals surface area contributed by atoms with Gasteiger partial charge in [0, 0.05) is 13.2 Å². The van der Waals surface area contributed by atoms with Crippen molar-refractivity contribution in [3.63, 3.8) is 0 Å². The van der Waals surface area contributed by atoms with E-state index in [4.69, 9.17) is 4.74 Å². The van der Waals surface area contributed by atoms with Crippen LogP contribution in [-0.2, 0) is 4.74 Å². The van der Waals surface area contributed by atoms with E-state index in [1.807, 2.05) is 7.11 Å². The lowest BCUT2D eigenvalue weighted by Gasteiger charge is -2.47. The second kappa shape index (κ2) is 6.13. The Labute approximate surface area is 119 Å². The molecule has 0 radical (unpaired) electrons. The molecule has 0 aromatic rings. The van der Waals surface area contributed by atoms with E-state index in [-0.39, 0.29) is 5.60 Å². The topological polar surface area (TPSA) is 21.3 Å². The minimum absolute atomic E-state index is 0.104. The molecular formula is C17H33NO. The Morgan fingerprint density at radius 3 is 2.26 bits per heavy atom. The average molecular weight is 267 g/mol. The summed E-state index contributed by atoms with van der Waals surface area (Å²) < 4.78 is 6.10. The van der Waals surface area contributed by atoms with E-state index in [2.05, 4.69) is 26.1 Å². The first-order valence-corrected chi connectivity index (χ1v) is 8.30. The molecule has 19 heavy (non-hydrogen) atoms. The van der Waals surface area contributed by atoms with E-state index < -0.39 is 0 Å². The molecule has 1 atom stereocenters. The fourth-order valence-electron chi connectivity index (χ4n) is 3.53. The van der Waals surface area contributed by atoms with Crippen LogP contribution in [0.1, 0.15) is 72.1 Å². The van der Waals surface area contributed by atoms with E-state index in [1.165, 1.54) is 51.4 Å². The maximum absolute atomic E-state index is 6.10. The van der Waals surface area contributed by atoms with Crippen LogP contribution in [0.15, 0.2) is 0 Å². The molecule has 0 aromatic carbocycles. The predicted octanol–water partition coefficient (Wildman–Crippen LogP) is 4.14. The van der Waals surface area contributed by atoms with Gasteiger partial charge in [0.1, 0.15) is 0 Å². The fourth-order valence-corrected chi connectivity index (χ4v) is 3.53. The minimum atomic E-state index is 0.104. The van der Waals surface area contributed by atoms with Crippen LogP contribution in [0.2, 0.25) is 0 Å². The molecule has 0 saturated heterocycles. The van der Waals surface area contributed by atoms with Crippen molar-refractivity contribution in [2.45, 2.75) is 83.8 Å². The summed E-state index contributed by atoms with van der Waals surface area (Å²) in [6, 6.07) is 0.570. The number of nitrogens with one attached hydrogen (secondary N) is 1. The van der Waals surface area contributed by atoms with Gasteiger partial charge in [-0.15, -0.1) is 0 Å². The van der Waals surface area contributed by atoms with E-state index in [9.17, 15) is 0 Å². The summed E-state index contributed by atoms with van der Waals surface area (Å²) in [7, 11) is 1.94. The first-order chi connectivity index (χ1) is 9.01. The number of methoxy groups -OCH3 is 1. The van der Waals surface area contributed by atoms with E-state index in [0.717, 1.165) is 12.5 Å². The first kappa shape index (κ1) is 15.3. The molecule has 0 heterocycles. The highest BCUT2D eigenvalue weighted by Gasteiger charge is 2.45. The Kier molecular flexibility index (Phi) is 4.94. The third-order valence-electron chi connectivity index (χ3n) is 5.40. The monoisotopic (exact) mass is 267 g/mol. The SMILES string of the molecule is CCCNC(CC1CC1)C1(OC)CCC(C)(C)CC1. The Balaban J connectivity index is 2.02. The summed E-state index contributed by atoms with van der Waals surface area (Å²) in [6.07, 6.45) is 10.5. The van der Waals surface area contributed by atoms with Crippen molar-refractivity contribution in [3.8, 4) is 0 Å². The predicted molar refractivity (Wildman–Crippen MR) is 81.4 cm³/mol. The number of rotatable bonds is 7. The Hall–Kier alpha value is -0.0800. The Morgan fingerprint density at radius 2 is 1.79 bits per heavy atom. The van der Waals surface area contributed by atoms with Crippen LogP contribution in [0.5, 0.6) is 0 Å². The maximum atomic E-state index is 6.10. The Bertz CT molecular complexity index is 273. The van der Waals surface area contributed by atoms with Gasteiger partial charge >= 0.3 is 0 Å². The van der Waals surface area contributed by atoms with Crippen LogP contribution in [0.4, 0.5) is 0 Å². The largest absolute Gasteiger partial charge is 0.377 e. The van der Waals surface area contributed by atoms with Gasteiger partial charge in [0.2, 0.25) is 0 Å². The molecule has 2 aliphatic rings. The lowest BCUT2D eigenvalue weighted by molar-refractivity contribution is -0.0888. The molecule has 2 aliphatic carbocycles. The summed E-state index contributed by atoms with van der Waals surface area (Å²) in [5.74, 6) is 0.969. The molecule has 0 aromatic heterocycles. The van der Waals surface area contributed by atoms with Crippen LogP contribution >= 0.6 is 0 Å². The molecule has 2 saturated carbocycles. The molecule has 2 nitrogen and oxygen atoms in total. The second-order valence-electron chi connectivity index (χ2n) is 7.62. The van der Waals surface area contributed by atoms with Gasteiger partial charge in [-0.2, -0.15) is 0 Å². The number of ether oxygens (including phenoxy) is 1. The van der Waals surface area contributed by atoms with Crippen molar-refractivity contribution in [1.82, 2.24) is 5.32 Å². The zero-order chi connectivity index (χ0) is 13.9. The number of hydrogen-bond donors (Lipinski definition) is 1. The van der Waals surface area contributed by atoms with Gasteiger partial charge < -0.3 is 10.1 Å². The Morgan fingerprint density at radius 1 is 1.16 bits per heavy atom. The van der Waals surface area contributed by atoms with Crippen molar-refractivity contribution in [1.29, 1.82) is 0 Å². The first-order valence-electron chi connectivity index (χ1n) is 8.30. The summed E-state index contributed by atoms with van der Waals surface area (Å²) >= 11 is 0. The molecule has 1 N–H and O–H groups in total. The molecular weight excluding hydrogens is 234 g/mol. The van der Waals surface area contributed by atoms with Crippen LogP contribution < -0.4 is 5.32 Å². The highest BCUT2D eigenvalue weighted by Crippen LogP contribution is 2.46. The quantitative estimate of drug-likeness (QED) is 0.748. The fraction of sp³-hybridized carbons (Fsp3) is 1.00. The normalized spacial score (nSPS) is 27.2. The van der Waals surface area contributed by atoms with Crippen LogP contribution in [0.3, 0.4) is 0 Å². The van der Waals surface area contributed by atoms with Gasteiger partial charge in [-0.3, -0.25) is 0 Å². The maximum Gasteiger partial charge on any atom is 0.0831 e. The van der Waals surface area contributed by atoms with Gasteiger partial charge in [-0.05, 0) is 56.4 Å². The van der Waals surface area contributed by atoms with Gasteiger partial charge in [0.25, 0.3) is 0 Å². The average Bonchev–Trinajstić information content (AvgIpc) is 3.19. The van der Waals surface area contributed by atoms with Crippen molar-refractivity contribution in [3.05, 3.63) is 0 Å². The van der Waals surface area contributed by atoms with Gasteiger partial charge in [-0.1, -0.05) is 33.6 Å². The van der Waals surface area contributed by atoms with E-state index >= 15 is 0 Å². The molecule has 0 bridgehead atoms. The summed E-state index contributed by atoms with van der Waals surface area (Å²) in [6.45, 7) is 8.19. The number of hydrogen-bond acceptors (Lipinski definition) is 2. The molecule has 1 unspecified atom stereocenters. The molecule has 0 amide bonds. The molecule has 0 aliphatic heterocycles. The highest BCUT2D eigenvalue weighted by atomic mass is 16.5. The summed E-state index contributed by atoms with van der Waals surface area (Å²) in [4.78, 5) is 0. The molecule has 0 spiro atoms. The molecule has 2 fully saturated rings. The molecule has 2 heteroatoms. The third kappa shape index (κ3) is 3.95. The van der Waals surface area contributed by atoms with Gasteiger partial charge in [0.15, 0.2) is 0 Å². The third-order valence-corrected chi connectivity index (χ3v) is 5.40. The minimum Gasteiger partial charge on any atom is -0.377 e. The smallest absolute Gasteiger partial charge is 0.0831 e.